The minimum Gasteiger partial charge on any atom is -0.412 e. The number of nitrogens with two attached hydrogens (primary N) is 1. The van der Waals surface area contributed by atoms with Gasteiger partial charge in [-0.2, -0.15) is 8.39 Å². The maximum Gasteiger partial charge on any atom is 0.496 e. The normalized spacial score (nSPS) is 12.0. The number of unbranched alkanes of at least 4 members (excludes halogenated alkanes) is 3. The maximum absolute atomic E-state index is 12.9. The zero-order valence-electron chi connectivity index (χ0n) is 36.1. The molecule has 0 radical (unpaired) electrons. The molecule has 18 nitrogen and oxygen atoms in total. The highest BCUT2D eigenvalue weighted by Crippen LogP contribution is 2.66. The van der Waals surface area contributed by atoms with Crippen molar-refractivity contribution in [2.45, 2.75) is 94.9 Å². The number of hydrogen-bond acceptors (Lipinski definition) is 13. The van der Waals surface area contributed by atoms with Crippen molar-refractivity contribution in [1.29, 1.82) is 0 Å². The van der Waals surface area contributed by atoms with Gasteiger partial charge in [-0.3, -0.25) is 22.9 Å². The summed E-state index contributed by atoms with van der Waals surface area (Å²) in [6.07, 6.45) is 6.10. The summed E-state index contributed by atoms with van der Waals surface area (Å²) in [5.74, 6) is -0.921. The van der Waals surface area contributed by atoms with Crippen LogP contribution in [0.25, 0.3) is 0 Å². The first-order valence-electron chi connectivity index (χ1n) is 18.3. The van der Waals surface area contributed by atoms with Crippen LogP contribution >= 0.6 is 46.9 Å². The Morgan fingerprint density at radius 3 is 1.21 bits per heavy atom. The van der Waals surface area contributed by atoms with Crippen molar-refractivity contribution in [3.8, 4) is 5.75 Å². The van der Waals surface area contributed by atoms with E-state index in [0.29, 0.717) is 26.1 Å². The monoisotopic (exact) mass is 1040 g/mol. The highest BCUT2D eigenvalue weighted by Gasteiger charge is 2.33. The molecule has 2 N–H and O–H groups in total. The van der Waals surface area contributed by atoms with Crippen molar-refractivity contribution in [3.63, 3.8) is 0 Å². The predicted molar refractivity (Wildman–Crippen MR) is 228 cm³/mol. The Morgan fingerprint density at radius 2 is 0.967 bits per heavy atom. The van der Waals surface area contributed by atoms with Crippen LogP contribution < -0.4 is 10.0 Å². The Morgan fingerprint density at radius 1 is 0.623 bits per heavy atom. The van der Waals surface area contributed by atoms with Crippen LogP contribution in [0.5, 0.6) is 5.75 Å². The minimum absolute atomic E-state index is 0.0100. The minimum atomic E-state index is -5.98. The Bertz CT molecular complexity index is 1710. The van der Waals surface area contributed by atoms with Crippen molar-refractivity contribution in [1.82, 2.24) is 0 Å². The molecule has 0 bridgehead atoms. The molecule has 0 saturated carbocycles. The number of benzene rings is 1. The van der Waals surface area contributed by atoms with Gasteiger partial charge in [-0.25, -0.2) is 23.1 Å². The van der Waals surface area contributed by atoms with E-state index in [1.165, 1.54) is 51.7 Å². The Hall–Kier alpha value is -0.790. The van der Waals surface area contributed by atoms with Crippen LogP contribution in [0.15, 0.2) is 48.3 Å². The number of carbonyl (C=O) groups excluding carboxylic acids is 1. The fourth-order valence-electron chi connectivity index (χ4n) is 3.26. The molecule has 61 heavy (non-hydrogen) atoms. The van der Waals surface area contributed by atoms with E-state index in [4.69, 9.17) is 22.6 Å². The number of amides is 1. The molecule has 1 rings (SSSR count). The number of sulfonamides is 1. The van der Waals surface area contributed by atoms with E-state index in [2.05, 4.69) is 50.8 Å². The van der Waals surface area contributed by atoms with Crippen LogP contribution in [0.4, 0.5) is 29.4 Å². The molecular formula is C29H62F7N5O13P6S. The first kappa shape index (κ1) is 66.8. The molecule has 0 aliphatic heterocycles. The average molecular weight is 1040 g/mol. The fraction of sp³-hybridized carbons (Fsp3) is 0.759. The molecule has 366 valence electrons. The van der Waals surface area contributed by atoms with Crippen LogP contribution in [0.2, 0.25) is 0 Å². The summed E-state index contributed by atoms with van der Waals surface area (Å²) in [5, 5.41) is 0. The van der Waals surface area contributed by atoms with Gasteiger partial charge in [0.1, 0.15) is 5.75 Å². The van der Waals surface area contributed by atoms with Gasteiger partial charge in [0.05, 0.1) is 52.5 Å². The number of carbonyl (C=O) groups is 1. The molecule has 0 aliphatic carbocycles. The summed E-state index contributed by atoms with van der Waals surface area (Å²) in [5.41, 5.74) is 4.05. The first-order chi connectivity index (χ1) is 28.0. The van der Waals surface area contributed by atoms with Gasteiger partial charge in [-0.1, -0.05) is 57.7 Å². The molecule has 0 spiro atoms. The lowest BCUT2D eigenvalue weighted by atomic mass is 10.2. The summed E-state index contributed by atoms with van der Waals surface area (Å²) in [6.45, 7) is 18.2. The molecule has 0 atom stereocenters. The third kappa shape index (κ3) is 44.2. The van der Waals surface area contributed by atoms with Crippen molar-refractivity contribution in [3.05, 3.63) is 30.3 Å². The molecule has 0 aromatic heterocycles. The van der Waals surface area contributed by atoms with E-state index < -0.39 is 62.9 Å². The molecule has 0 saturated heterocycles. The van der Waals surface area contributed by atoms with E-state index >= 15 is 0 Å². The summed E-state index contributed by atoms with van der Waals surface area (Å²) < 4.78 is 178. The predicted octanol–water partition coefficient (Wildman–Crippen LogP) is 15.1. The Balaban J connectivity index is -0.000000348. The van der Waals surface area contributed by atoms with Crippen LogP contribution in [-0.2, 0) is 55.6 Å². The van der Waals surface area contributed by atoms with Gasteiger partial charge in [0.2, 0.25) is 5.91 Å². The van der Waals surface area contributed by atoms with E-state index in [9.17, 15) is 51.7 Å². The molecule has 0 aliphatic rings. The van der Waals surface area contributed by atoms with Crippen LogP contribution in [-0.4, -0.2) is 66.8 Å². The van der Waals surface area contributed by atoms with Crippen LogP contribution in [0, 0.1) is 0 Å². The van der Waals surface area contributed by atoms with Gasteiger partial charge in [0.25, 0.3) is 10.0 Å². The molecule has 1 aromatic carbocycles. The molecule has 0 heterocycles. The van der Waals surface area contributed by atoms with Gasteiger partial charge in [0, 0.05) is 6.92 Å². The van der Waals surface area contributed by atoms with Gasteiger partial charge in [-0.15, -0.1) is 38.9 Å². The number of hydrogen-bond donors (Lipinski definition) is 1. The van der Waals surface area contributed by atoms with Crippen molar-refractivity contribution < 1.29 is 87.9 Å². The number of nitrogens with zero attached hydrogens (tertiary/aromatic N) is 4. The van der Waals surface area contributed by atoms with Gasteiger partial charge >= 0.3 is 46.9 Å². The first-order valence-corrected chi connectivity index (χ1v) is 29.1. The van der Waals surface area contributed by atoms with Gasteiger partial charge < -0.3 is 18.1 Å². The molecule has 0 fully saturated rings. The fourth-order valence-corrected chi connectivity index (χ4v) is 11.8. The third-order valence-corrected chi connectivity index (χ3v) is 15.4. The lowest BCUT2D eigenvalue weighted by Gasteiger charge is -2.23. The van der Waals surface area contributed by atoms with E-state index in [1.54, 1.807) is 52.8 Å². The molecule has 1 aromatic rings. The highest BCUT2D eigenvalue weighted by molar-refractivity contribution is 7.92. The summed E-state index contributed by atoms with van der Waals surface area (Å²) in [6, 6.07) is 7.55. The zero-order chi connectivity index (χ0) is 48.5. The average Bonchev–Trinajstić information content (AvgIpc) is 3.06. The molecule has 1 amide bonds. The lowest BCUT2D eigenvalue weighted by Crippen LogP contribution is -2.02. The third-order valence-electron chi connectivity index (χ3n) is 4.91. The SMILES string of the molecule is CC(=O)N=P(F)(F)Oc1ccccc1.CCCCCC.CCOP(=O)(N=P(F)(F)F)OCC.CCOP(=O)(N=P(OCC)(OCC)OCC)OCC.CS(=O)(=O)N=P(N)(F)F. The second kappa shape index (κ2) is 35.5. The van der Waals surface area contributed by atoms with Gasteiger partial charge in [0.15, 0.2) is 0 Å². The van der Waals surface area contributed by atoms with E-state index in [1.807, 2.05) is 0 Å². The Labute approximate surface area is 356 Å². The molecule has 32 heteroatoms. The second-order valence-corrected chi connectivity index (χ2v) is 21.7. The summed E-state index contributed by atoms with van der Waals surface area (Å²) in [4.78, 5) is 10.4. The summed E-state index contributed by atoms with van der Waals surface area (Å²) >= 11 is 0. The quantitative estimate of drug-likeness (QED) is 0.0646. The van der Waals surface area contributed by atoms with Gasteiger partial charge in [-0.05, 0) is 60.6 Å². The highest BCUT2D eigenvalue weighted by atomic mass is 32.2. The molecular weight excluding hydrogens is 977 g/mol. The Kier molecular flexibility index (Phi) is 38.8. The number of rotatable bonds is 22. The number of para-hydroxylation sites is 1. The number of halogens is 7. The van der Waals surface area contributed by atoms with Crippen LogP contribution in [0.1, 0.15) is 94.9 Å². The maximum atomic E-state index is 12.9. The molecule has 0 unspecified atom stereocenters. The lowest BCUT2D eigenvalue weighted by molar-refractivity contribution is -0.115. The van der Waals surface area contributed by atoms with Crippen molar-refractivity contribution in [2.75, 3.05) is 52.5 Å². The largest absolute Gasteiger partial charge is 0.496 e. The smallest absolute Gasteiger partial charge is 0.412 e. The standard InChI is InChI=1S/C10H25NO6P2.C8H8F2NO2P.C6H14.C4H10F3NO3P2.CH5F2N2O2PS/c1-6-13-18(12,14-7-2)11-19(15-8-3,16-9-4)17-10-5;1-7(12)11-14(9,10)13-8-5-3-2-4-6-8;1-3-5-6-4-2;1-3-10-13(9,11-4-2)8-12(5,6)7;1-9(6,7)5-8(2,3)4/h6-10H2,1-5H3;2-6H,1H3;3-6H2,1-2H3;3-4H2,1-2H3;4H2,1H3. The zero-order valence-corrected chi connectivity index (χ0v) is 42.3. The van der Waals surface area contributed by atoms with Crippen molar-refractivity contribution in [2.24, 2.45) is 23.4 Å². The van der Waals surface area contributed by atoms with E-state index in [-0.39, 0.29) is 32.2 Å². The van der Waals surface area contributed by atoms with Crippen LogP contribution in [0.3, 0.4) is 0 Å². The topological polar surface area (TPSA) is 235 Å². The van der Waals surface area contributed by atoms with Crippen molar-refractivity contribution >= 4 is 62.9 Å². The second-order valence-electron chi connectivity index (χ2n) is 10.4. The van der Waals surface area contributed by atoms with E-state index in [0.717, 1.165) is 6.92 Å². The summed E-state index contributed by atoms with van der Waals surface area (Å²) in [7, 11) is -30.9.